The Morgan fingerprint density at radius 3 is 2.75 bits per heavy atom. The molecule has 1 fully saturated rings. The molecule has 1 aliphatic rings. The van der Waals surface area contributed by atoms with E-state index in [2.05, 4.69) is 4.74 Å². The summed E-state index contributed by atoms with van der Waals surface area (Å²) in [4.78, 5) is 21.9. The molecule has 0 N–H and O–H groups in total. The highest BCUT2D eigenvalue weighted by molar-refractivity contribution is 5.89. The summed E-state index contributed by atoms with van der Waals surface area (Å²) in [5.41, 5.74) is -0.359. The Hall–Kier alpha value is -2.18. The fourth-order valence-corrected chi connectivity index (χ4v) is 1.44. The van der Waals surface area contributed by atoms with E-state index in [0.717, 1.165) is 12.1 Å². The first kappa shape index (κ1) is 10.3. The minimum Gasteiger partial charge on any atom is -0.447 e. The first-order valence-electron chi connectivity index (χ1n) is 4.48. The van der Waals surface area contributed by atoms with Crippen LogP contribution in [0.15, 0.2) is 18.2 Å². The maximum atomic E-state index is 13.3. The molecule has 0 aliphatic carbocycles. The Bertz CT molecular complexity index is 463. The highest BCUT2D eigenvalue weighted by Gasteiger charge is 2.25. The molecule has 0 radical (unpaired) electrons. The second kappa shape index (κ2) is 3.76. The second-order valence-corrected chi connectivity index (χ2v) is 3.16. The number of ether oxygens (including phenoxy) is 1. The van der Waals surface area contributed by atoms with Crippen LogP contribution in [0.3, 0.4) is 0 Å². The first-order valence-corrected chi connectivity index (χ1v) is 4.48. The number of rotatable bonds is 2. The third-order valence-corrected chi connectivity index (χ3v) is 2.20. The molecule has 1 aromatic carbocycles. The van der Waals surface area contributed by atoms with E-state index < -0.39 is 22.5 Å². The van der Waals surface area contributed by atoms with Gasteiger partial charge in [0.15, 0.2) is 0 Å². The molecule has 84 valence electrons. The van der Waals surface area contributed by atoms with E-state index in [1.165, 1.54) is 11.0 Å². The van der Waals surface area contributed by atoms with Gasteiger partial charge in [-0.25, -0.2) is 4.79 Å². The predicted octanol–water partition coefficient (Wildman–Crippen LogP) is 1.69. The number of benzene rings is 1. The van der Waals surface area contributed by atoms with Crippen molar-refractivity contribution < 1.29 is 18.8 Å². The number of halogens is 1. The molecule has 1 aromatic rings. The van der Waals surface area contributed by atoms with Crippen LogP contribution in [0.25, 0.3) is 0 Å². The van der Waals surface area contributed by atoms with Crippen LogP contribution in [0, 0.1) is 15.9 Å². The number of nitro benzene ring substituents is 1. The van der Waals surface area contributed by atoms with E-state index in [9.17, 15) is 19.3 Å². The van der Waals surface area contributed by atoms with Crippen molar-refractivity contribution in [2.24, 2.45) is 0 Å². The predicted molar refractivity (Wildman–Crippen MR) is 51.7 cm³/mol. The van der Waals surface area contributed by atoms with Gasteiger partial charge in [-0.05, 0) is 6.07 Å². The molecule has 1 saturated heterocycles. The zero-order valence-corrected chi connectivity index (χ0v) is 8.05. The molecule has 0 atom stereocenters. The van der Waals surface area contributed by atoms with Gasteiger partial charge in [-0.15, -0.1) is 0 Å². The van der Waals surface area contributed by atoms with Crippen molar-refractivity contribution >= 4 is 17.5 Å². The van der Waals surface area contributed by atoms with E-state index >= 15 is 0 Å². The minimum atomic E-state index is -0.970. The van der Waals surface area contributed by atoms with Crippen LogP contribution in [0.4, 0.5) is 20.6 Å². The topological polar surface area (TPSA) is 72.7 Å². The van der Waals surface area contributed by atoms with Crippen molar-refractivity contribution in [3.8, 4) is 0 Å². The monoisotopic (exact) mass is 226 g/mol. The Morgan fingerprint density at radius 1 is 1.50 bits per heavy atom. The zero-order valence-electron chi connectivity index (χ0n) is 8.05. The molecule has 2 rings (SSSR count). The lowest BCUT2D eigenvalue weighted by molar-refractivity contribution is -0.387. The van der Waals surface area contributed by atoms with E-state index in [1.54, 1.807) is 0 Å². The third-order valence-electron chi connectivity index (χ3n) is 2.20. The van der Waals surface area contributed by atoms with Crippen LogP contribution in [-0.4, -0.2) is 24.2 Å². The van der Waals surface area contributed by atoms with Gasteiger partial charge in [0.25, 0.3) is 0 Å². The third kappa shape index (κ3) is 1.67. The lowest BCUT2D eigenvalue weighted by atomic mass is 10.2. The van der Waals surface area contributed by atoms with Gasteiger partial charge in [0, 0.05) is 12.1 Å². The molecular formula is C9H7FN2O4. The van der Waals surface area contributed by atoms with E-state index in [4.69, 9.17) is 0 Å². The quantitative estimate of drug-likeness (QED) is 0.568. The number of hydrogen-bond acceptors (Lipinski definition) is 4. The van der Waals surface area contributed by atoms with E-state index in [0.29, 0.717) is 6.54 Å². The fraction of sp³-hybridized carbons (Fsp3) is 0.222. The SMILES string of the molecule is O=C1OCCN1c1ccc([N+](=O)[O-])c(F)c1. The molecule has 0 spiro atoms. The molecule has 1 amide bonds. The van der Waals surface area contributed by atoms with Crippen molar-refractivity contribution in [1.82, 2.24) is 0 Å². The molecule has 0 aromatic heterocycles. The van der Waals surface area contributed by atoms with Crippen molar-refractivity contribution in [2.75, 3.05) is 18.1 Å². The van der Waals surface area contributed by atoms with Crippen molar-refractivity contribution in [3.05, 3.63) is 34.1 Å². The number of nitrogens with zero attached hydrogens (tertiary/aromatic N) is 2. The summed E-state index contributed by atoms with van der Waals surface area (Å²) in [5, 5.41) is 10.4. The zero-order chi connectivity index (χ0) is 11.7. The Labute approximate surface area is 89.4 Å². The van der Waals surface area contributed by atoms with Gasteiger partial charge in [0.05, 0.1) is 17.2 Å². The number of amides is 1. The number of carbonyl (C=O) groups is 1. The number of cyclic esters (lactones) is 1. The van der Waals surface area contributed by atoms with Gasteiger partial charge in [-0.2, -0.15) is 4.39 Å². The van der Waals surface area contributed by atoms with Crippen LogP contribution in [0.5, 0.6) is 0 Å². The summed E-state index contributed by atoms with van der Waals surface area (Å²) in [5.74, 6) is -0.970. The molecule has 0 bridgehead atoms. The molecule has 0 saturated carbocycles. The summed E-state index contributed by atoms with van der Waals surface area (Å²) in [7, 11) is 0. The van der Waals surface area contributed by atoms with Crippen LogP contribution >= 0.6 is 0 Å². The van der Waals surface area contributed by atoms with Crippen LogP contribution < -0.4 is 4.90 Å². The van der Waals surface area contributed by atoms with E-state index in [-0.39, 0.29) is 12.3 Å². The number of nitro groups is 1. The summed E-state index contributed by atoms with van der Waals surface area (Å²) in [6.45, 7) is 0.549. The molecule has 1 aliphatic heterocycles. The van der Waals surface area contributed by atoms with Crippen LogP contribution in [0.1, 0.15) is 0 Å². The maximum Gasteiger partial charge on any atom is 0.414 e. The standard InChI is InChI=1S/C9H7FN2O4/c10-7-5-6(1-2-8(7)12(14)15)11-3-4-16-9(11)13/h1-2,5H,3-4H2. The van der Waals surface area contributed by atoms with Gasteiger partial charge in [0.1, 0.15) is 6.61 Å². The molecule has 6 nitrogen and oxygen atoms in total. The highest BCUT2D eigenvalue weighted by atomic mass is 19.1. The number of carbonyl (C=O) groups excluding carboxylic acids is 1. The van der Waals surface area contributed by atoms with Crippen LogP contribution in [-0.2, 0) is 4.74 Å². The van der Waals surface area contributed by atoms with Crippen molar-refractivity contribution in [3.63, 3.8) is 0 Å². The Kier molecular flexibility index (Phi) is 2.43. The summed E-state index contributed by atoms with van der Waals surface area (Å²) in [6, 6.07) is 3.29. The maximum absolute atomic E-state index is 13.3. The van der Waals surface area contributed by atoms with Gasteiger partial charge < -0.3 is 4.74 Å². The molecular weight excluding hydrogens is 219 g/mol. The Morgan fingerprint density at radius 2 is 2.25 bits per heavy atom. The minimum absolute atomic E-state index is 0.234. The normalized spacial score (nSPS) is 15.1. The highest BCUT2D eigenvalue weighted by Crippen LogP contribution is 2.25. The second-order valence-electron chi connectivity index (χ2n) is 3.16. The van der Waals surface area contributed by atoms with E-state index in [1.807, 2.05) is 0 Å². The number of hydrogen-bond donors (Lipinski definition) is 0. The van der Waals surface area contributed by atoms with Gasteiger partial charge in [0.2, 0.25) is 5.82 Å². The summed E-state index contributed by atoms with van der Waals surface area (Å²) in [6.07, 6.45) is -0.576. The summed E-state index contributed by atoms with van der Waals surface area (Å²) < 4.78 is 17.9. The lowest BCUT2D eigenvalue weighted by Gasteiger charge is -2.11. The summed E-state index contributed by atoms with van der Waals surface area (Å²) >= 11 is 0. The van der Waals surface area contributed by atoms with Gasteiger partial charge in [-0.3, -0.25) is 15.0 Å². The molecule has 0 unspecified atom stereocenters. The molecule has 1 heterocycles. The first-order chi connectivity index (χ1) is 7.59. The largest absolute Gasteiger partial charge is 0.447 e. The van der Waals surface area contributed by atoms with Gasteiger partial charge >= 0.3 is 11.8 Å². The fourth-order valence-electron chi connectivity index (χ4n) is 1.44. The smallest absolute Gasteiger partial charge is 0.414 e. The molecule has 7 heteroatoms. The molecule has 16 heavy (non-hydrogen) atoms. The van der Waals surface area contributed by atoms with Gasteiger partial charge in [-0.1, -0.05) is 0 Å². The van der Waals surface area contributed by atoms with Crippen LogP contribution in [0.2, 0.25) is 0 Å². The van der Waals surface area contributed by atoms with Crippen molar-refractivity contribution in [2.45, 2.75) is 0 Å². The number of anilines is 1. The van der Waals surface area contributed by atoms with Crippen molar-refractivity contribution in [1.29, 1.82) is 0 Å². The average molecular weight is 226 g/mol. The lowest BCUT2D eigenvalue weighted by Crippen LogP contribution is -2.23. The average Bonchev–Trinajstić information content (AvgIpc) is 2.63. The Balaban J connectivity index is 2.34.